The Kier molecular flexibility index (Phi) is 11.0. The Bertz CT molecular complexity index is 2420. The SMILES string of the molecule is O=C(O)NC(Cn1c(=O)c2c(n(Cc3c(F)cccc3C(F)(F)F)c1=O)COC21CCN(Cc2ccc(C(F)(F)F)o2)CC1)c1cccc(OCc2ccccc2)c1. The molecular weight excluding hydrogens is 781 g/mol. The Morgan fingerprint density at radius 2 is 1.60 bits per heavy atom. The van der Waals surface area contributed by atoms with E-state index in [1.54, 1.807) is 23.1 Å². The number of alkyl halides is 6. The van der Waals surface area contributed by atoms with Crippen molar-refractivity contribution in [2.75, 3.05) is 13.1 Å². The standard InChI is InChI=1S/C40H35F7N4O7/c41-30-11-5-10-29(39(42,43)44)28(30)20-50-32-23-57-38(14-16-49(17-15-38)19-27-12-13-33(58-27)40(45,46)47)34(32)35(52)51(37(50)55)21-31(48-36(53)54)25-8-4-9-26(18-25)56-22-24-6-2-1-3-7-24/h1-13,18,31,48H,14-17,19-23H2,(H,53,54). The lowest BCUT2D eigenvalue weighted by Crippen LogP contribution is -2.50. The summed E-state index contributed by atoms with van der Waals surface area (Å²) in [5, 5.41) is 12.2. The van der Waals surface area contributed by atoms with E-state index >= 15 is 4.39 Å². The second kappa shape index (κ2) is 15.8. The number of likely N-dealkylation sites (tertiary alicyclic amines) is 1. The quantitative estimate of drug-likeness (QED) is 0.132. The van der Waals surface area contributed by atoms with E-state index < -0.39 is 83.7 Å². The molecular formula is C40H35F7N4O7. The maximum absolute atomic E-state index is 15.3. The molecule has 306 valence electrons. The number of ether oxygens (including phenoxy) is 2. The van der Waals surface area contributed by atoms with E-state index in [0.717, 1.165) is 28.3 Å². The Morgan fingerprint density at radius 1 is 0.879 bits per heavy atom. The molecule has 0 saturated carbocycles. The van der Waals surface area contributed by atoms with E-state index in [4.69, 9.17) is 13.9 Å². The number of carboxylic acid groups (broad SMARTS) is 1. The molecule has 2 aliphatic rings. The van der Waals surface area contributed by atoms with Crippen molar-refractivity contribution < 1.29 is 54.5 Å². The molecule has 7 rings (SSSR count). The minimum absolute atomic E-state index is 0.00703. The third-order valence-corrected chi connectivity index (χ3v) is 10.4. The zero-order valence-corrected chi connectivity index (χ0v) is 30.4. The fourth-order valence-electron chi connectivity index (χ4n) is 7.53. The molecule has 4 heterocycles. The highest BCUT2D eigenvalue weighted by atomic mass is 19.4. The summed E-state index contributed by atoms with van der Waals surface area (Å²) in [4.78, 5) is 42.8. The highest BCUT2D eigenvalue weighted by molar-refractivity contribution is 5.65. The zero-order chi connectivity index (χ0) is 41.4. The first-order valence-corrected chi connectivity index (χ1v) is 18.0. The van der Waals surface area contributed by atoms with Gasteiger partial charge >= 0.3 is 24.1 Å². The van der Waals surface area contributed by atoms with Crippen LogP contribution >= 0.6 is 0 Å². The minimum atomic E-state index is -5.01. The molecule has 0 radical (unpaired) electrons. The topological polar surface area (TPSA) is 128 Å². The average molecular weight is 817 g/mol. The van der Waals surface area contributed by atoms with Crippen LogP contribution in [0.15, 0.2) is 98.9 Å². The van der Waals surface area contributed by atoms with Crippen LogP contribution in [-0.2, 0) is 55.5 Å². The van der Waals surface area contributed by atoms with Crippen LogP contribution < -0.4 is 21.3 Å². The van der Waals surface area contributed by atoms with Gasteiger partial charge in [-0.1, -0.05) is 48.5 Å². The number of benzene rings is 3. The molecule has 18 heteroatoms. The molecule has 1 spiro atoms. The normalized spacial score (nSPS) is 16.0. The summed E-state index contributed by atoms with van der Waals surface area (Å²) in [6.45, 7) is -1.48. The van der Waals surface area contributed by atoms with Crippen molar-refractivity contribution in [3.63, 3.8) is 0 Å². The number of amides is 1. The molecule has 3 aromatic carbocycles. The van der Waals surface area contributed by atoms with Crippen molar-refractivity contribution in [3.05, 3.63) is 157 Å². The Morgan fingerprint density at radius 3 is 2.28 bits per heavy atom. The zero-order valence-electron chi connectivity index (χ0n) is 30.4. The molecule has 1 atom stereocenters. The van der Waals surface area contributed by atoms with E-state index in [9.17, 15) is 45.8 Å². The molecule has 2 aromatic heterocycles. The Balaban J connectivity index is 1.27. The smallest absolute Gasteiger partial charge is 0.449 e. The maximum atomic E-state index is 15.3. The molecule has 0 aliphatic carbocycles. The van der Waals surface area contributed by atoms with Gasteiger partial charge in [-0.25, -0.2) is 14.0 Å². The van der Waals surface area contributed by atoms with Gasteiger partial charge in [0.2, 0.25) is 5.76 Å². The number of rotatable bonds is 11. The number of aromatic nitrogens is 2. The van der Waals surface area contributed by atoms with Gasteiger partial charge in [-0.2, -0.15) is 26.3 Å². The summed E-state index contributed by atoms with van der Waals surface area (Å²) in [6.07, 6.45) is -11.1. The number of hydrogen-bond acceptors (Lipinski definition) is 7. The van der Waals surface area contributed by atoms with Crippen molar-refractivity contribution in [2.45, 2.75) is 69.7 Å². The molecule has 2 aliphatic heterocycles. The number of carbonyl (C=O) groups is 1. The molecule has 1 unspecified atom stereocenters. The van der Waals surface area contributed by atoms with Gasteiger partial charge in [-0.15, -0.1) is 0 Å². The van der Waals surface area contributed by atoms with Gasteiger partial charge in [0.05, 0.1) is 49.1 Å². The lowest BCUT2D eigenvalue weighted by Gasteiger charge is -2.38. The second-order valence-corrected chi connectivity index (χ2v) is 14.0. The van der Waals surface area contributed by atoms with E-state index in [1.165, 1.54) is 12.1 Å². The summed E-state index contributed by atoms with van der Waals surface area (Å²) >= 11 is 0. The second-order valence-electron chi connectivity index (χ2n) is 14.0. The maximum Gasteiger partial charge on any atom is 0.449 e. The van der Waals surface area contributed by atoms with Gasteiger partial charge in [0, 0.05) is 18.7 Å². The first kappa shape index (κ1) is 40.3. The molecule has 1 saturated heterocycles. The number of fused-ring (bicyclic) bond motifs is 2. The van der Waals surface area contributed by atoms with Crippen molar-refractivity contribution in [2.24, 2.45) is 0 Å². The van der Waals surface area contributed by atoms with Crippen LogP contribution in [0.1, 0.15) is 63.9 Å². The van der Waals surface area contributed by atoms with Crippen LogP contribution in [0.3, 0.4) is 0 Å². The minimum Gasteiger partial charge on any atom is -0.489 e. The van der Waals surface area contributed by atoms with E-state index in [0.29, 0.717) is 16.4 Å². The van der Waals surface area contributed by atoms with Crippen molar-refractivity contribution in [1.82, 2.24) is 19.4 Å². The van der Waals surface area contributed by atoms with Gasteiger partial charge < -0.3 is 24.3 Å². The molecule has 11 nitrogen and oxygen atoms in total. The number of furan rings is 1. The summed E-state index contributed by atoms with van der Waals surface area (Å²) < 4.78 is 116. The molecule has 0 bridgehead atoms. The number of hydrogen-bond donors (Lipinski definition) is 2. The fourth-order valence-corrected chi connectivity index (χ4v) is 7.53. The predicted molar refractivity (Wildman–Crippen MR) is 191 cm³/mol. The fraction of sp³-hybridized carbons (Fsp3) is 0.325. The summed E-state index contributed by atoms with van der Waals surface area (Å²) in [7, 11) is 0. The summed E-state index contributed by atoms with van der Waals surface area (Å²) in [5.41, 5.74) is -4.63. The lowest BCUT2D eigenvalue weighted by atomic mass is 9.85. The van der Waals surface area contributed by atoms with Crippen LogP contribution in [0.25, 0.3) is 0 Å². The largest absolute Gasteiger partial charge is 0.489 e. The van der Waals surface area contributed by atoms with Crippen LogP contribution in [0.5, 0.6) is 5.75 Å². The van der Waals surface area contributed by atoms with E-state index in [1.807, 2.05) is 30.3 Å². The van der Waals surface area contributed by atoms with E-state index in [2.05, 4.69) is 5.32 Å². The highest BCUT2D eigenvalue weighted by Crippen LogP contribution is 2.43. The molecule has 5 aromatic rings. The van der Waals surface area contributed by atoms with Gasteiger partial charge in [0.1, 0.15) is 29.5 Å². The van der Waals surface area contributed by atoms with Gasteiger partial charge in [-0.05, 0) is 60.4 Å². The number of halogens is 7. The van der Waals surface area contributed by atoms with Crippen LogP contribution in [0.4, 0.5) is 35.5 Å². The van der Waals surface area contributed by atoms with Gasteiger partial charge in [0.15, 0.2) is 0 Å². The van der Waals surface area contributed by atoms with Crippen LogP contribution in [0, 0.1) is 5.82 Å². The monoisotopic (exact) mass is 816 g/mol. The Hall–Kier alpha value is -5.88. The summed E-state index contributed by atoms with van der Waals surface area (Å²) in [6, 6.07) is 18.6. The lowest BCUT2D eigenvalue weighted by molar-refractivity contribution is -0.153. The van der Waals surface area contributed by atoms with Gasteiger partial charge in [-0.3, -0.25) is 18.8 Å². The predicted octanol–water partition coefficient (Wildman–Crippen LogP) is 7.44. The van der Waals surface area contributed by atoms with E-state index in [-0.39, 0.29) is 61.7 Å². The van der Waals surface area contributed by atoms with Gasteiger partial charge in [0.25, 0.3) is 5.56 Å². The number of nitrogens with one attached hydrogen (secondary N) is 1. The third kappa shape index (κ3) is 8.38. The number of nitrogens with zero attached hydrogens (tertiary/aromatic N) is 3. The van der Waals surface area contributed by atoms with Crippen molar-refractivity contribution in [1.29, 1.82) is 0 Å². The van der Waals surface area contributed by atoms with Crippen molar-refractivity contribution >= 4 is 6.09 Å². The van der Waals surface area contributed by atoms with Crippen LogP contribution in [-0.4, -0.2) is 38.3 Å². The average Bonchev–Trinajstić information content (AvgIpc) is 3.81. The highest BCUT2D eigenvalue weighted by Gasteiger charge is 2.48. The first-order chi connectivity index (χ1) is 27.5. The molecule has 2 N–H and O–H groups in total. The molecule has 1 amide bonds. The third-order valence-electron chi connectivity index (χ3n) is 10.4. The summed E-state index contributed by atoms with van der Waals surface area (Å²) in [5.74, 6) is -2.03. The molecule has 1 fully saturated rings. The van der Waals surface area contributed by atoms with Crippen LogP contribution in [0.2, 0.25) is 0 Å². The Labute approximate surface area is 324 Å². The molecule has 58 heavy (non-hydrogen) atoms. The number of piperidine rings is 1. The first-order valence-electron chi connectivity index (χ1n) is 18.0. The van der Waals surface area contributed by atoms with Crippen molar-refractivity contribution in [3.8, 4) is 5.75 Å².